The standard InChI is InChI=1S/C18H17Br2N3O/c1-13-16(19)10-15(11-17(13)20)21-12-18(24)23-22-9-5-8-14-6-3-2-4-7-14/h2-11,21H,12H2,1H3,(H,23,24). The second kappa shape index (κ2) is 9.39. The maximum atomic E-state index is 11.8. The molecule has 4 nitrogen and oxygen atoms in total. The second-order valence-electron chi connectivity index (χ2n) is 5.00. The fourth-order valence-electron chi connectivity index (χ4n) is 1.84. The number of amides is 1. The molecule has 1 amide bonds. The zero-order chi connectivity index (χ0) is 17.4. The average molecular weight is 451 g/mol. The minimum Gasteiger partial charge on any atom is -0.376 e. The van der Waals surface area contributed by atoms with E-state index in [-0.39, 0.29) is 12.5 Å². The molecule has 0 atom stereocenters. The lowest BCUT2D eigenvalue weighted by Gasteiger charge is -2.09. The van der Waals surface area contributed by atoms with Crippen molar-refractivity contribution in [2.75, 3.05) is 11.9 Å². The molecule has 0 fully saturated rings. The van der Waals surface area contributed by atoms with Crippen molar-refractivity contribution in [2.24, 2.45) is 5.10 Å². The Morgan fingerprint density at radius 1 is 1.17 bits per heavy atom. The van der Waals surface area contributed by atoms with Crippen molar-refractivity contribution in [3.63, 3.8) is 0 Å². The number of hydrogen-bond donors (Lipinski definition) is 2. The molecule has 2 rings (SSSR count). The molecular formula is C18H17Br2N3O. The predicted molar refractivity (Wildman–Crippen MR) is 107 cm³/mol. The van der Waals surface area contributed by atoms with Crippen molar-refractivity contribution in [1.29, 1.82) is 0 Å². The molecule has 0 saturated carbocycles. The van der Waals surface area contributed by atoms with E-state index < -0.39 is 0 Å². The van der Waals surface area contributed by atoms with Gasteiger partial charge in [0.25, 0.3) is 5.91 Å². The highest BCUT2D eigenvalue weighted by molar-refractivity contribution is 9.11. The van der Waals surface area contributed by atoms with Crippen molar-refractivity contribution < 1.29 is 4.79 Å². The quantitative estimate of drug-likeness (QED) is 0.493. The summed E-state index contributed by atoms with van der Waals surface area (Å²) < 4.78 is 1.95. The first kappa shape index (κ1) is 18.4. The number of carbonyl (C=O) groups excluding carboxylic acids is 1. The lowest BCUT2D eigenvalue weighted by Crippen LogP contribution is -2.25. The van der Waals surface area contributed by atoms with Gasteiger partial charge in [0.1, 0.15) is 0 Å². The van der Waals surface area contributed by atoms with E-state index in [2.05, 4.69) is 47.7 Å². The third-order valence-corrected chi connectivity index (χ3v) is 4.82. The summed E-state index contributed by atoms with van der Waals surface area (Å²) in [6.07, 6.45) is 5.23. The molecule has 0 spiro atoms. The number of anilines is 1. The van der Waals surface area contributed by atoms with Crippen LogP contribution >= 0.6 is 31.9 Å². The van der Waals surface area contributed by atoms with E-state index in [0.717, 1.165) is 25.8 Å². The van der Waals surface area contributed by atoms with E-state index in [4.69, 9.17) is 0 Å². The van der Waals surface area contributed by atoms with Gasteiger partial charge in [-0.15, -0.1) is 0 Å². The SMILES string of the molecule is Cc1c(Br)cc(NCC(=O)NN=CC=Cc2ccccc2)cc1Br. The molecule has 0 aliphatic rings. The first-order valence-corrected chi connectivity index (χ1v) is 8.88. The Labute approximate surface area is 158 Å². The molecule has 0 aromatic heterocycles. The Kier molecular flexibility index (Phi) is 7.21. The summed E-state index contributed by atoms with van der Waals surface area (Å²) in [5, 5.41) is 6.93. The summed E-state index contributed by atoms with van der Waals surface area (Å²) in [7, 11) is 0. The van der Waals surface area contributed by atoms with Crippen LogP contribution in [0.2, 0.25) is 0 Å². The number of hydrogen-bond acceptors (Lipinski definition) is 3. The van der Waals surface area contributed by atoms with Crippen LogP contribution in [0.15, 0.2) is 62.6 Å². The predicted octanol–water partition coefficient (Wildman–Crippen LogP) is 4.75. The molecule has 0 saturated heterocycles. The molecule has 0 heterocycles. The average Bonchev–Trinajstić information content (AvgIpc) is 2.58. The zero-order valence-corrected chi connectivity index (χ0v) is 16.3. The number of nitrogens with one attached hydrogen (secondary N) is 2. The van der Waals surface area contributed by atoms with Gasteiger partial charge in [-0.25, -0.2) is 5.43 Å². The van der Waals surface area contributed by atoms with Crippen LogP contribution in [0, 0.1) is 6.92 Å². The Balaban J connectivity index is 1.77. The number of nitrogens with zero attached hydrogens (tertiary/aromatic N) is 1. The maximum absolute atomic E-state index is 11.8. The molecule has 0 aliphatic heterocycles. The van der Waals surface area contributed by atoms with Crippen LogP contribution in [0.3, 0.4) is 0 Å². The monoisotopic (exact) mass is 449 g/mol. The van der Waals surface area contributed by atoms with Crippen LogP contribution in [0.25, 0.3) is 6.08 Å². The van der Waals surface area contributed by atoms with E-state index in [1.54, 1.807) is 12.3 Å². The van der Waals surface area contributed by atoms with Crippen LogP contribution in [-0.4, -0.2) is 18.7 Å². The zero-order valence-electron chi connectivity index (χ0n) is 13.1. The molecule has 0 radical (unpaired) electrons. The van der Waals surface area contributed by atoms with Gasteiger partial charge >= 0.3 is 0 Å². The summed E-state index contributed by atoms with van der Waals surface area (Å²) in [5.41, 5.74) is 5.51. The highest BCUT2D eigenvalue weighted by Crippen LogP contribution is 2.28. The molecule has 2 aromatic rings. The van der Waals surface area contributed by atoms with Gasteiger partial charge in [-0.05, 0) is 36.3 Å². The van der Waals surface area contributed by atoms with Crippen LogP contribution in [0.4, 0.5) is 5.69 Å². The summed E-state index contributed by atoms with van der Waals surface area (Å²) in [6.45, 7) is 2.14. The molecule has 0 unspecified atom stereocenters. The molecule has 124 valence electrons. The Morgan fingerprint density at radius 2 is 1.83 bits per heavy atom. The number of rotatable bonds is 6. The topological polar surface area (TPSA) is 53.5 Å². The fourth-order valence-corrected chi connectivity index (χ4v) is 3.03. The van der Waals surface area contributed by atoms with Crippen LogP contribution < -0.4 is 10.7 Å². The van der Waals surface area contributed by atoms with Gasteiger partial charge in [-0.1, -0.05) is 68.3 Å². The number of allylic oxidation sites excluding steroid dienone is 1. The van der Waals surface area contributed by atoms with E-state index in [1.807, 2.05) is 55.5 Å². The van der Waals surface area contributed by atoms with Gasteiger partial charge in [-0.3, -0.25) is 4.79 Å². The fraction of sp³-hybridized carbons (Fsp3) is 0.111. The molecular weight excluding hydrogens is 434 g/mol. The van der Waals surface area contributed by atoms with E-state index in [1.165, 1.54) is 0 Å². The Morgan fingerprint density at radius 3 is 2.50 bits per heavy atom. The van der Waals surface area contributed by atoms with Crippen LogP contribution in [0.1, 0.15) is 11.1 Å². The van der Waals surface area contributed by atoms with Gasteiger partial charge in [0, 0.05) is 20.8 Å². The smallest absolute Gasteiger partial charge is 0.259 e. The second-order valence-corrected chi connectivity index (χ2v) is 6.71. The number of hydrazone groups is 1. The lowest BCUT2D eigenvalue weighted by molar-refractivity contribution is -0.119. The summed E-state index contributed by atoms with van der Waals surface area (Å²) in [4.78, 5) is 11.8. The molecule has 24 heavy (non-hydrogen) atoms. The summed E-state index contributed by atoms with van der Waals surface area (Å²) in [6, 6.07) is 13.7. The van der Waals surface area contributed by atoms with Crippen molar-refractivity contribution in [3.05, 3.63) is 68.6 Å². The van der Waals surface area contributed by atoms with Crippen molar-refractivity contribution in [3.8, 4) is 0 Å². The minimum atomic E-state index is -0.216. The van der Waals surface area contributed by atoms with Crippen molar-refractivity contribution >= 4 is 55.7 Å². The highest BCUT2D eigenvalue weighted by atomic mass is 79.9. The first-order chi connectivity index (χ1) is 11.6. The highest BCUT2D eigenvalue weighted by Gasteiger charge is 2.04. The number of carbonyl (C=O) groups is 1. The third-order valence-electron chi connectivity index (χ3n) is 3.17. The normalized spacial score (nSPS) is 11.1. The summed E-state index contributed by atoms with van der Waals surface area (Å²) >= 11 is 6.96. The lowest BCUT2D eigenvalue weighted by atomic mass is 10.2. The third kappa shape index (κ3) is 5.94. The Bertz CT molecular complexity index is 735. The van der Waals surface area contributed by atoms with Gasteiger partial charge in [0.15, 0.2) is 0 Å². The van der Waals surface area contributed by atoms with Gasteiger partial charge < -0.3 is 5.32 Å². The summed E-state index contributed by atoms with van der Waals surface area (Å²) in [5.74, 6) is -0.216. The van der Waals surface area contributed by atoms with Gasteiger partial charge in [0.05, 0.1) is 6.54 Å². The number of halogens is 2. The van der Waals surface area contributed by atoms with Crippen LogP contribution in [-0.2, 0) is 4.79 Å². The van der Waals surface area contributed by atoms with Gasteiger partial charge in [0.2, 0.25) is 0 Å². The van der Waals surface area contributed by atoms with Crippen molar-refractivity contribution in [2.45, 2.75) is 6.92 Å². The van der Waals surface area contributed by atoms with E-state index in [9.17, 15) is 4.79 Å². The van der Waals surface area contributed by atoms with Crippen molar-refractivity contribution in [1.82, 2.24) is 5.43 Å². The first-order valence-electron chi connectivity index (χ1n) is 7.29. The largest absolute Gasteiger partial charge is 0.376 e. The van der Waals surface area contributed by atoms with Gasteiger partial charge in [-0.2, -0.15) is 5.10 Å². The Hall–Kier alpha value is -1.92. The van der Waals surface area contributed by atoms with Crippen LogP contribution in [0.5, 0.6) is 0 Å². The maximum Gasteiger partial charge on any atom is 0.259 e. The number of benzene rings is 2. The molecule has 2 aromatic carbocycles. The van der Waals surface area contributed by atoms with E-state index >= 15 is 0 Å². The molecule has 0 aliphatic carbocycles. The molecule has 6 heteroatoms. The van der Waals surface area contributed by atoms with E-state index in [0.29, 0.717) is 0 Å². The minimum absolute atomic E-state index is 0.141. The molecule has 2 N–H and O–H groups in total. The molecule has 0 bridgehead atoms.